The van der Waals surface area contributed by atoms with E-state index < -0.39 is 9.84 Å². The van der Waals surface area contributed by atoms with Crippen LogP contribution in [0, 0.1) is 5.92 Å². The molecule has 1 heterocycles. The number of sulfone groups is 1. The molecule has 1 aliphatic heterocycles. The average molecular weight is 486 g/mol. The normalized spacial score (nSPS) is 20.2. The van der Waals surface area contributed by atoms with E-state index in [2.05, 4.69) is 10.8 Å². The van der Waals surface area contributed by atoms with E-state index in [1.807, 2.05) is 13.8 Å². The molecular weight excluding hydrogens is 454 g/mol. The largest absolute Gasteiger partial charge is 0.326 e. The van der Waals surface area contributed by atoms with Crippen molar-refractivity contribution >= 4 is 27.3 Å². The molecule has 1 saturated heterocycles. The number of hydrogen-bond acceptors (Lipinski definition) is 6. The van der Waals surface area contributed by atoms with Gasteiger partial charge in [0.1, 0.15) is 0 Å². The van der Waals surface area contributed by atoms with E-state index in [1.54, 1.807) is 53.4 Å². The molecule has 4 rings (SSSR count). The van der Waals surface area contributed by atoms with Gasteiger partial charge in [-0.2, -0.15) is 5.48 Å². The van der Waals surface area contributed by atoms with Crippen molar-refractivity contribution in [2.24, 2.45) is 5.92 Å². The van der Waals surface area contributed by atoms with Crippen LogP contribution >= 0.6 is 0 Å². The summed E-state index contributed by atoms with van der Waals surface area (Å²) >= 11 is 0. The standard InChI is InChI=1S/C25H31N3O5S/c1-3-28(24-14-17(2)27-33-24)25(30)20-8-10-21(11-9-20)26-23(29)15-18-6-12-22(13-7-18)34(31,32)16-19-4-5-19/h6-13,17,19,24,27H,3-5,14-16H2,1-2H3,(H,26,29). The number of nitrogens with one attached hydrogen (secondary N) is 2. The van der Waals surface area contributed by atoms with Crippen molar-refractivity contribution in [2.75, 3.05) is 17.6 Å². The van der Waals surface area contributed by atoms with E-state index in [0.717, 1.165) is 24.8 Å². The summed E-state index contributed by atoms with van der Waals surface area (Å²) in [5.74, 6) is 0.143. The van der Waals surface area contributed by atoms with Gasteiger partial charge in [-0.1, -0.05) is 12.1 Å². The molecule has 0 radical (unpaired) electrons. The molecule has 2 amide bonds. The summed E-state index contributed by atoms with van der Waals surface area (Å²) in [5, 5.41) is 2.82. The number of carbonyl (C=O) groups excluding carboxylic acids is 2. The number of carbonyl (C=O) groups is 2. The monoisotopic (exact) mass is 485 g/mol. The topological polar surface area (TPSA) is 105 Å². The van der Waals surface area contributed by atoms with Crippen molar-refractivity contribution in [1.29, 1.82) is 0 Å². The van der Waals surface area contributed by atoms with Gasteiger partial charge in [0.2, 0.25) is 5.91 Å². The smallest absolute Gasteiger partial charge is 0.255 e. The fourth-order valence-electron chi connectivity index (χ4n) is 4.02. The van der Waals surface area contributed by atoms with E-state index >= 15 is 0 Å². The van der Waals surface area contributed by atoms with Crippen molar-refractivity contribution in [3.63, 3.8) is 0 Å². The summed E-state index contributed by atoms with van der Waals surface area (Å²) in [4.78, 5) is 32.8. The second kappa shape index (κ2) is 10.2. The van der Waals surface area contributed by atoms with Crippen molar-refractivity contribution in [3.8, 4) is 0 Å². The average Bonchev–Trinajstić information content (AvgIpc) is 3.51. The maximum absolute atomic E-state index is 12.9. The van der Waals surface area contributed by atoms with E-state index in [0.29, 0.717) is 28.6 Å². The lowest BCUT2D eigenvalue weighted by atomic mass is 10.1. The number of rotatable bonds is 9. The summed E-state index contributed by atoms with van der Waals surface area (Å²) in [6.07, 6.45) is 2.50. The van der Waals surface area contributed by atoms with Crippen molar-refractivity contribution in [2.45, 2.75) is 56.7 Å². The Balaban J connectivity index is 1.32. The maximum Gasteiger partial charge on any atom is 0.255 e. The number of benzene rings is 2. The molecule has 2 fully saturated rings. The molecule has 1 aliphatic carbocycles. The summed E-state index contributed by atoms with van der Waals surface area (Å²) in [5.41, 5.74) is 4.72. The Morgan fingerprint density at radius 3 is 2.32 bits per heavy atom. The Kier molecular flexibility index (Phi) is 7.35. The van der Waals surface area contributed by atoms with Gasteiger partial charge in [0.05, 0.1) is 17.1 Å². The van der Waals surface area contributed by atoms with Crippen molar-refractivity contribution < 1.29 is 22.8 Å². The minimum absolute atomic E-state index is 0.122. The fourth-order valence-corrected chi connectivity index (χ4v) is 5.72. The summed E-state index contributed by atoms with van der Waals surface area (Å²) in [6, 6.07) is 13.5. The number of hydrogen-bond donors (Lipinski definition) is 2. The Bertz CT molecular complexity index is 1130. The quantitative estimate of drug-likeness (QED) is 0.565. The molecule has 2 aromatic carbocycles. The van der Waals surface area contributed by atoms with E-state index in [-0.39, 0.29) is 36.3 Å². The van der Waals surface area contributed by atoms with Gasteiger partial charge in [-0.25, -0.2) is 8.42 Å². The molecule has 34 heavy (non-hydrogen) atoms. The maximum atomic E-state index is 12.9. The zero-order chi connectivity index (χ0) is 24.3. The van der Waals surface area contributed by atoms with E-state index in [1.165, 1.54) is 0 Å². The van der Waals surface area contributed by atoms with Crippen LogP contribution in [0.5, 0.6) is 0 Å². The lowest BCUT2D eigenvalue weighted by Crippen LogP contribution is -2.40. The predicted molar refractivity (Wildman–Crippen MR) is 129 cm³/mol. The van der Waals surface area contributed by atoms with Gasteiger partial charge >= 0.3 is 0 Å². The van der Waals surface area contributed by atoms with Crippen LogP contribution in [-0.2, 0) is 25.9 Å². The molecule has 8 nitrogen and oxygen atoms in total. The van der Waals surface area contributed by atoms with Crippen LogP contribution in [-0.4, -0.2) is 49.7 Å². The molecule has 2 unspecified atom stereocenters. The van der Waals surface area contributed by atoms with Crippen molar-refractivity contribution in [1.82, 2.24) is 10.4 Å². The molecule has 182 valence electrons. The van der Waals surface area contributed by atoms with Gasteiger partial charge in [0.15, 0.2) is 16.1 Å². The van der Waals surface area contributed by atoms with Crippen LogP contribution < -0.4 is 10.8 Å². The lowest BCUT2D eigenvalue weighted by molar-refractivity contribution is -0.115. The highest BCUT2D eigenvalue weighted by molar-refractivity contribution is 7.91. The first-order valence-corrected chi connectivity index (χ1v) is 13.3. The third kappa shape index (κ3) is 6.02. The highest BCUT2D eigenvalue weighted by Crippen LogP contribution is 2.32. The second-order valence-corrected chi connectivity index (χ2v) is 11.1. The summed E-state index contributed by atoms with van der Waals surface area (Å²) in [6.45, 7) is 4.44. The third-order valence-corrected chi connectivity index (χ3v) is 8.03. The first-order valence-electron chi connectivity index (χ1n) is 11.7. The summed E-state index contributed by atoms with van der Waals surface area (Å²) in [7, 11) is -3.26. The minimum atomic E-state index is -3.26. The molecule has 2 aliphatic rings. The highest BCUT2D eigenvalue weighted by Gasteiger charge is 2.31. The number of anilines is 1. The van der Waals surface area contributed by atoms with Crippen LogP contribution in [0.3, 0.4) is 0 Å². The molecule has 0 aromatic heterocycles. The minimum Gasteiger partial charge on any atom is -0.326 e. The predicted octanol–water partition coefficient (Wildman–Crippen LogP) is 3.15. The summed E-state index contributed by atoms with van der Waals surface area (Å²) < 4.78 is 24.7. The van der Waals surface area contributed by atoms with Crippen LogP contribution in [0.25, 0.3) is 0 Å². The Hall–Kier alpha value is -2.75. The Labute approximate surface area is 200 Å². The van der Waals surface area contributed by atoms with Gasteiger partial charge < -0.3 is 10.2 Å². The van der Waals surface area contributed by atoms with Crippen molar-refractivity contribution in [3.05, 3.63) is 59.7 Å². The highest BCUT2D eigenvalue weighted by atomic mass is 32.2. The lowest BCUT2D eigenvalue weighted by Gasteiger charge is -2.26. The van der Waals surface area contributed by atoms with Crippen LogP contribution in [0.2, 0.25) is 0 Å². The van der Waals surface area contributed by atoms with Gasteiger partial charge in [-0.15, -0.1) is 0 Å². The first-order chi connectivity index (χ1) is 16.2. The fraction of sp³-hybridized carbons (Fsp3) is 0.440. The zero-order valence-electron chi connectivity index (χ0n) is 19.5. The van der Waals surface area contributed by atoms with Gasteiger partial charge in [0.25, 0.3) is 5.91 Å². The third-order valence-electron chi connectivity index (χ3n) is 6.12. The number of hydroxylamine groups is 1. The molecule has 2 atom stereocenters. The zero-order valence-corrected chi connectivity index (χ0v) is 20.3. The first kappa shape index (κ1) is 24.4. The number of nitrogens with zero attached hydrogens (tertiary/aromatic N) is 1. The Morgan fingerprint density at radius 1 is 1.09 bits per heavy atom. The molecule has 2 aromatic rings. The molecular formula is C25H31N3O5S. The van der Waals surface area contributed by atoms with Gasteiger partial charge in [0, 0.05) is 30.3 Å². The van der Waals surface area contributed by atoms with E-state index in [9.17, 15) is 18.0 Å². The molecule has 9 heteroatoms. The molecule has 2 N–H and O–H groups in total. The van der Waals surface area contributed by atoms with Crippen LogP contribution in [0.1, 0.15) is 49.0 Å². The number of amides is 2. The van der Waals surface area contributed by atoms with E-state index in [4.69, 9.17) is 4.84 Å². The SMILES string of the molecule is CCN(C(=O)c1ccc(NC(=O)Cc2ccc(S(=O)(=O)CC3CC3)cc2)cc1)C1CC(C)NO1. The molecule has 0 bridgehead atoms. The molecule has 1 saturated carbocycles. The second-order valence-electron chi connectivity index (χ2n) is 9.09. The van der Waals surface area contributed by atoms with Crippen LogP contribution in [0.15, 0.2) is 53.4 Å². The van der Waals surface area contributed by atoms with Crippen LogP contribution in [0.4, 0.5) is 5.69 Å². The van der Waals surface area contributed by atoms with Gasteiger partial charge in [-0.3, -0.25) is 14.4 Å². The molecule has 0 spiro atoms. The Morgan fingerprint density at radius 2 is 1.76 bits per heavy atom. The van der Waals surface area contributed by atoms with Gasteiger partial charge in [-0.05, 0) is 74.6 Å².